The lowest BCUT2D eigenvalue weighted by Crippen LogP contribution is -2.30. The van der Waals surface area contributed by atoms with Crippen molar-refractivity contribution in [3.05, 3.63) is 81.9 Å². The molecule has 4 rings (SSSR count). The van der Waals surface area contributed by atoms with E-state index in [4.69, 9.17) is 4.42 Å². The molecule has 37 heavy (non-hydrogen) atoms. The van der Waals surface area contributed by atoms with Crippen LogP contribution in [0.15, 0.2) is 69.0 Å². The van der Waals surface area contributed by atoms with Crippen molar-refractivity contribution < 1.29 is 26.9 Å². The van der Waals surface area contributed by atoms with Gasteiger partial charge in [0, 0.05) is 18.7 Å². The Bertz CT molecular complexity index is 1590. The molecule has 0 saturated heterocycles. The molecule has 0 bridgehead atoms. The number of furan rings is 1. The van der Waals surface area contributed by atoms with Gasteiger partial charge in [-0.1, -0.05) is 25.2 Å². The minimum Gasteiger partial charge on any atom is -0.400 e. The van der Waals surface area contributed by atoms with Crippen molar-refractivity contribution >= 4 is 54.7 Å². The number of sulfonamides is 1. The molecular formula is C23H20FN5O6S2. The average molecular weight is 546 g/mol. The molecule has 192 valence electrons. The van der Waals surface area contributed by atoms with E-state index >= 15 is 0 Å². The Labute approximate surface area is 214 Å². The third-order valence-electron chi connectivity index (χ3n) is 5.25. The predicted octanol–water partition coefficient (Wildman–Crippen LogP) is 4.65. The quantitative estimate of drug-likeness (QED) is 0.169. The van der Waals surface area contributed by atoms with Crippen molar-refractivity contribution in [1.82, 2.24) is 9.29 Å². The summed E-state index contributed by atoms with van der Waals surface area (Å²) in [6.45, 7) is 4.05. The molecule has 1 amide bonds. The fourth-order valence-electron chi connectivity index (χ4n) is 3.39. The van der Waals surface area contributed by atoms with Crippen LogP contribution in [0, 0.1) is 15.9 Å². The fraction of sp³-hybridized carbons (Fsp3) is 0.174. The summed E-state index contributed by atoms with van der Waals surface area (Å²) in [6.07, 6.45) is 1.11. The highest BCUT2D eigenvalue weighted by Crippen LogP contribution is 2.31. The zero-order chi connectivity index (χ0) is 26.7. The van der Waals surface area contributed by atoms with Crippen molar-refractivity contribution in [2.45, 2.75) is 18.7 Å². The summed E-state index contributed by atoms with van der Waals surface area (Å²) in [6, 6.07) is 11.8. The van der Waals surface area contributed by atoms with Crippen LogP contribution in [-0.4, -0.2) is 47.8 Å². The van der Waals surface area contributed by atoms with Crippen LogP contribution in [0.1, 0.15) is 30.0 Å². The first-order chi connectivity index (χ1) is 17.6. The van der Waals surface area contributed by atoms with E-state index < -0.39 is 32.6 Å². The second-order valence-corrected chi connectivity index (χ2v) is 10.5. The van der Waals surface area contributed by atoms with Crippen LogP contribution in [0.5, 0.6) is 0 Å². The molecule has 2 aromatic carbocycles. The number of amides is 1. The Morgan fingerprint density at radius 3 is 2.49 bits per heavy atom. The van der Waals surface area contributed by atoms with Crippen molar-refractivity contribution in [3.8, 4) is 0 Å². The van der Waals surface area contributed by atoms with Crippen LogP contribution >= 0.6 is 11.3 Å². The highest BCUT2D eigenvalue weighted by molar-refractivity contribution is 7.89. The molecule has 0 aliphatic heterocycles. The van der Waals surface area contributed by atoms with E-state index in [9.17, 15) is 27.7 Å². The predicted molar refractivity (Wildman–Crippen MR) is 136 cm³/mol. The molecule has 0 radical (unpaired) electrons. The molecular weight excluding hydrogens is 525 g/mol. The Morgan fingerprint density at radius 1 is 1.16 bits per heavy atom. The highest BCUT2D eigenvalue weighted by atomic mass is 32.2. The van der Waals surface area contributed by atoms with Gasteiger partial charge < -0.3 is 4.42 Å². The lowest BCUT2D eigenvalue weighted by Gasteiger charge is -2.19. The Hall–Kier alpha value is -4.01. The molecule has 0 fully saturated rings. The first-order valence-corrected chi connectivity index (χ1v) is 13.2. The number of carbonyl (C=O) groups excluding carboxylic acids is 1. The number of nitrogens with zero attached hydrogens (tertiary/aromatic N) is 5. The number of fused-ring (bicyclic) bond motifs is 1. The maximum Gasteiger partial charge on any atom is 0.433 e. The van der Waals surface area contributed by atoms with E-state index in [0.29, 0.717) is 23.3 Å². The number of anilines is 1. The third kappa shape index (κ3) is 5.40. The van der Waals surface area contributed by atoms with Crippen molar-refractivity contribution in [2.24, 2.45) is 5.10 Å². The maximum absolute atomic E-state index is 13.7. The molecule has 0 aliphatic carbocycles. The van der Waals surface area contributed by atoms with Crippen LogP contribution in [0.3, 0.4) is 0 Å². The van der Waals surface area contributed by atoms with E-state index in [1.165, 1.54) is 52.8 Å². The van der Waals surface area contributed by atoms with E-state index in [1.807, 2.05) is 0 Å². The summed E-state index contributed by atoms with van der Waals surface area (Å²) < 4.78 is 46.1. The largest absolute Gasteiger partial charge is 0.433 e. The number of rotatable bonds is 9. The Morgan fingerprint density at radius 2 is 1.86 bits per heavy atom. The molecule has 2 heterocycles. The normalized spacial score (nSPS) is 12.0. The fourth-order valence-corrected chi connectivity index (χ4v) is 5.80. The smallest absolute Gasteiger partial charge is 0.400 e. The molecule has 0 saturated carbocycles. The number of aromatic nitrogens is 1. The number of hydrogen-bond acceptors (Lipinski definition) is 9. The first-order valence-electron chi connectivity index (χ1n) is 10.9. The van der Waals surface area contributed by atoms with Crippen molar-refractivity contribution in [2.75, 3.05) is 18.1 Å². The van der Waals surface area contributed by atoms with Gasteiger partial charge in [0.1, 0.15) is 10.7 Å². The van der Waals surface area contributed by atoms with Gasteiger partial charge in [0.2, 0.25) is 15.2 Å². The lowest BCUT2D eigenvalue weighted by molar-refractivity contribution is -0.402. The van der Waals surface area contributed by atoms with Gasteiger partial charge in [-0.3, -0.25) is 14.9 Å². The molecule has 4 aromatic rings. The molecule has 0 N–H and O–H groups in total. The van der Waals surface area contributed by atoms with Gasteiger partial charge in [0.15, 0.2) is 5.76 Å². The summed E-state index contributed by atoms with van der Waals surface area (Å²) in [5.41, 5.74) is 0.537. The summed E-state index contributed by atoms with van der Waals surface area (Å²) >= 11 is 1.00. The second-order valence-electron chi connectivity index (χ2n) is 7.52. The van der Waals surface area contributed by atoms with Crippen molar-refractivity contribution in [3.63, 3.8) is 0 Å². The summed E-state index contributed by atoms with van der Waals surface area (Å²) in [4.78, 5) is 28.0. The van der Waals surface area contributed by atoms with E-state index in [2.05, 4.69) is 10.1 Å². The van der Waals surface area contributed by atoms with E-state index in [0.717, 1.165) is 28.6 Å². The number of nitro groups is 1. The minimum atomic E-state index is -3.72. The molecule has 0 atom stereocenters. The van der Waals surface area contributed by atoms with Crippen LogP contribution < -0.4 is 5.01 Å². The van der Waals surface area contributed by atoms with Crippen LogP contribution in [0.4, 0.5) is 15.4 Å². The highest BCUT2D eigenvalue weighted by Gasteiger charge is 2.25. The summed E-state index contributed by atoms with van der Waals surface area (Å²) in [5.74, 6) is -1.63. The van der Waals surface area contributed by atoms with Gasteiger partial charge >= 0.3 is 5.88 Å². The van der Waals surface area contributed by atoms with E-state index in [1.54, 1.807) is 13.8 Å². The maximum atomic E-state index is 13.7. The Kier molecular flexibility index (Phi) is 7.42. The van der Waals surface area contributed by atoms with Crippen LogP contribution in [0.2, 0.25) is 0 Å². The number of halogens is 1. The monoisotopic (exact) mass is 545 g/mol. The molecule has 11 nitrogen and oxygen atoms in total. The van der Waals surface area contributed by atoms with E-state index in [-0.39, 0.29) is 21.4 Å². The zero-order valence-electron chi connectivity index (χ0n) is 19.6. The second kappa shape index (κ2) is 10.5. The Balaban J connectivity index is 1.71. The van der Waals surface area contributed by atoms with Crippen molar-refractivity contribution in [1.29, 1.82) is 0 Å². The third-order valence-corrected chi connectivity index (χ3v) is 8.31. The first kappa shape index (κ1) is 26.1. The summed E-state index contributed by atoms with van der Waals surface area (Å²) in [5, 5.41) is 16.1. The topological polar surface area (TPSA) is 139 Å². The molecule has 14 heteroatoms. The number of benzene rings is 2. The average Bonchev–Trinajstić information content (AvgIpc) is 3.52. The number of thiazole rings is 1. The van der Waals surface area contributed by atoms with Gasteiger partial charge in [-0.25, -0.2) is 17.8 Å². The van der Waals surface area contributed by atoms with Crippen LogP contribution in [0.25, 0.3) is 10.2 Å². The SMILES string of the molecule is CCN(CC)S(=O)(=O)c1ccc(C(=O)N(/N=C/c2ccc([N+](=O)[O-])o2)c2nc3ccc(F)cc3s2)cc1. The van der Waals surface area contributed by atoms with Gasteiger partial charge in [0.05, 0.1) is 27.4 Å². The zero-order valence-corrected chi connectivity index (χ0v) is 21.2. The lowest BCUT2D eigenvalue weighted by atomic mass is 10.2. The van der Waals surface area contributed by atoms with Gasteiger partial charge in [-0.15, -0.1) is 0 Å². The standard InChI is InChI=1S/C23H20FN5O6S2/c1-3-27(4-2)37(33,34)18-9-5-15(6-10-18)22(30)28(25-14-17-8-12-21(35-17)29(31)32)23-26-19-11-7-16(24)13-20(19)36-23/h5-14H,3-4H2,1-2H3/b25-14+. The van der Waals surface area contributed by atoms with Crippen LogP contribution in [-0.2, 0) is 10.0 Å². The van der Waals surface area contributed by atoms with Gasteiger partial charge in [-0.2, -0.15) is 14.4 Å². The molecule has 0 spiro atoms. The van der Waals surface area contributed by atoms with Gasteiger partial charge in [0.25, 0.3) is 5.91 Å². The molecule has 2 aromatic heterocycles. The number of hydrazone groups is 1. The molecule has 0 aliphatic rings. The molecule has 0 unspecified atom stereocenters. The summed E-state index contributed by atoms with van der Waals surface area (Å²) in [7, 11) is -3.72. The number of hydrogen-bond donors (Lipinski definition) is 0. The number of carbonyl (C=O) groups is 1. The minimum absolute atomic E-state index is 0.0114. The van der Waals surface area contributed by atoms with Gasteiger partial charge in [-0.05, 0) is 48.5 Å².